The second-order valence-corrected chi connectivity index (χ2v) is 11.5. The van der Waals surface area contributed by atoms with E-state index in [1.165, 1.54) is 16.7 Å². The van der Waals surface area contributed by atoms with Gasteiger partial charge in [0.05, 0.1) is 27.5 Å². The Morgan fingerprint density at radius 1 is 1.16 bits per heavy atom. The van der Waals surface area contributed by atoms with Crippen LogP contribution in [0.4, 0.5) is 14.6 Å². The van der Waals surface area contributed by atoms with Crippen LogP contribution in [0.5, 0.6) is 0 Å². The SMILES string of the molecule is C=CC(=O)N1CCN(c2nc(=O)n(C3=C(C(C)C)N=CCC3C)c3nc(-c4c(F)cc(F)cc4C=O)c(Cl)cc23)[C@@H](C)C1. The summed E-state index contributed by atoms with van der Waals surface area (Å²) in [5.74, 6) is -2.01. The number of pyridine rings is 1. The maximum atomic E-state index is 15.2. The lowest BCUT2D eigenvalue weighted by Crippen LogP contribution is -2.54. The molecule has 224 valence electrons. The molecule has 1 saturated heterocycles. The summed E-state index contributed by atoms with van der Waals surface area (Å²) in [7, 11) is 0. The van der Waals surface area contributed by atoms with E-state index >= 15 is 4.39 Å². The number of aldehydes is 1. The lowest BCUT2D eigenvalue weighted by molar-refractivity contribution is -0.126. The van der Waals surface area contributed by atoms with Crippen LogP contribution in [-0.2, 0) is 4.79 Å². The third kappa shape index (κ3) is 5.37. The highest BCUT2D eigenvalue weighted by Gasteiger charge is 2.32. The van der Waals surface area contributed by atoms with E-state index in [-0.39, 0.29) is 51.3 Å². The van der Waals surface area contributed by atoms with E-state index in [1.54, 1.807) is 4.90 Å². The minimum Gasteiger partial charge on any atom is -0.350 e. The molecular weight excluding hydrogens is 578 g/mol. The van der Waals surface area contributed by atoms with Crippen molar-refractivity contribution in [2.75, 3.05) is 24.5 Å². The van der Waals surface area contributed by atoms with Crippen LogP contribution in [0.1, 0.15) is 44.5 Å². The van der Waals surface area contributed by atoms with Crippen molar-refractivity contribution in [1.82, 2.24) is 19.4 Å². The van der Waals surface area contributed by atoms with Gasteiger partial charge in [0, 0.05) is 55.0 Å². The molecule has 1 aromatic carbocycles. The molecule has 2 aromatic heterocycles. The fraction of sp³-hybridized carbons (Fsp3) is 0.355. The molecule has 5 rings (SSSR count). The van der Waals surface area contributed by atoms with Crippen LogP contribution < -0.4 is 10.6 Å². The van der Waals surface area contributed by atoms with Crippen molar-refractivity contribution < 1.29 is 18.4 Å². The molecule has 0 N–H and O–H groups in total. The predicted octanol–water partition coefficient (Wildman–Crippen LogP) is 5.36. The maximum Gasteiger partial charge on any atom is 0.355 e. The molecular formula is C31H31ClF2N6O3. The van der Waals surface area contributed by atoms with E-state index in [2.05, 4.69) is 16.6 Å². The highest BCUT2D eigenvalue weighted by atomic mass is 35.5. The van der Waals surface area contributed by atoms with Crippen molar-refractivity contribution in [3.63, 3.8) is 0 Å². The molecule has 12 heteroatoms. The van der Waals surface area contributed by atoms with Crippen LogP contribution in [0.3, 0.4) is 0 Å². The van der Waals surface area contributed by atoms with Gasteiger partial charge in [-0.05, 0) is 37.5 Å². The fourth-order valence-corrected chi connectivity index (χ4v) is 6.02. The lowest BCUT2D eigenvalue weighted by Gasteiger charge is -2.40. The second-order valence-electron chi connectivity index (χ2n) is 11.1. The molecule has 4 heterocycles. The zero-order valence-electron chi connectivity index (χ0n) is 24.3. The number of anilines is 1. The summed E-state index contributed by atoms with van der Waals surface area (Å²) in [5, 5.41) is 0.395. The van der Waals surface area contributed by atoms with Gasteiger partial charge < -0.3 is 9.80 Å². The molecule has 2 aliphatic heterocycles. The summed E-state index contributed by atoms with van der Waals surface area (Å²) >= 11 is 6.72. The first-order valence-electron chi connectivity index (χ1n) is 14.0. The molecule has 2 atom stereocenters. The van der Waals surface area contributed by atoms with E-state index in [1.807, 2.05) is 38.8 Å². The van der Waals surface area contributed by atoms with Gasteiger partial charge in [-0.1, -0.05) is 39.0 Å². The van der Waals surface area contributed by atoms with E-state index in [0.717, 1.165) is 6.07 Å². The number of aliphatic imine (C=N–C) groups is 1. The van der Waals surface area contributed by atoms with E-state index in [0.29, 0.717) is 61.0 Å². The fourth-order valence-electron chi connectivity index (χ4n) is 5.77. The summed E-state index contributed by atoms with van der Waals surface area (Å²) in [4.78, 5) is 55.6. The van der Waals surface area contributed by atoms with Crippen LogP contribution in [0.15, 0.2) is 46.3 Å². The number of piperazine rings is 1. The van der Waals surface area contributed by atoms with Gasteiger partial charge >= 0.3 is 5.69 Å². The topological polar surface area (TPSA) is 101 Å². The van der Waals surface area contributed by atoms with E-state index in [9.17, 15) is 18.8 Å². The van der Waals surface area contributed by atoms with Crippen molar-refractivity contribution >= 4 is 52.6 Å². The highest BCUT2D eigenvalue weighted by molar-refractivity contribution is 6.34. The number of fused-ring (bicyclic) bond motifs is 1. The first-order chi connectivity index (χ1) is 20.5. The molecule has 43 heavy (non-hydrogen) atoms. The molecule has 0 bridgehead atoms. The number of carbonyl (C=O) groups excluding carboxylic acids is 2. The Bertz CT molecular complexity index is 1780. The number of halogens is 3. The largest absolute Gasteiger partial charge is 0.355 e. The molecule has 0 aliphatic carbocycles. The smallest absolute Gasteiger partial charge is 0.350 e. The summed E-state index contributed by atoms with van der Waals surface area (Å²) in [6, 6.07) is 2.86. The number of allylic oxidation sites excluding steroid dienone is 2. The van der Waals surface area contributed by atoms with Gasteiger partial charge in [0.25, 0.3) is 0 Å². The van der Waals surface area contributed by atoms with Crippen LogP contribution in [-0.4, -0.2) is 63.5 Å². The Morgan fingerprint density at radius 2 is 1.91 bits per heavy atom. The summed E-state index contributed by atoms with van der Waals surface area (Å²) in [5.41, 5.74) is 0.143. The van der Waals surface area contributed by atoms with Gasteiger partial charge in [0.1, 0.15) is 17.5 Å². The summed E-state index contributed by atoms with van der Waals surface area (Å²) in [6.45, 7) is 12.5. The molecule has 2 aliphatic rings. The monoisotopic (exact) mass is 608 g/mol. The standard InChI is InChI=1S/C31H31ClF2N6O3/c1-6-24(42)38-9-10-39(18(5)14-38)29-21-13-22(32)27(25-19(15-41)11-20(33)12-23(25)34)36-30(21)40(31(43)37-29)28-17(4)7-8-35-26(28)16(2)3/h6,8,11-13,15-18H,1,7,9-10,14H2,2-5H3/t17?,18-/m0/s1. The van der Waals surface area contributed by atoms with Gasteiger partial charge in [-0.15, -0.1) is 0 Å². The van der Waals surface area contributed by atoms with Crippen molar-refractivity contribution in [3.8, 4) is 11.3 Å². The van der Waals surface area contributed by atoms with Crippen molar-refractivity contribution in [2.45, 2.75) is 40.2 Å². The molecule has 1 fully saturated rings. The second kappa shape index (κ2) is 11.8. The first-order valence-corrected chi connectivity index (χ1v) is 14.4. The number of aromatic nitrogens is 3. The Hall–Kier alpha value is -4.25. The quantitative estimate of drug-likeness (QED) is 0.276. The maximum absolute atomic E-state index is 15.2. The van der Waals surface area contributed by atoms with Gasteiger partial charge in [-0.25, -0.2) is 23.1 Å². The Morgan fingerprint density at radius 3 is 2.56 bits per heavy atom. The number of rotatable bonds is 6. The van der Waals surface area contributed by atoms with Gasteiger partial charge in [0.15, 0.2) is 11.9 Å². The Balaban J connectivity index is 1.84. The van der Waals surface area contributed by atoms with E-state index < -0.39 is 17.3 Å². The summed E-state index contributed by atoms with van der Waals surface area (Å²) < 4.78 is 30.6. The average Bonchev–Trinajstić information content (AvgIpc) is 2.96. The minimum atomic E-state index is -1.02. The zero-order chi connectivity index (χ0) is 31.2. The third-order valence-electron chi connectivity index (χ3n) is 7.84. The number of hydrogen-bond donors (Lipinski definition) is 0. The Labute approximate surface area is 252 Å². The first kappa shape index (κ1) is 30.2. The molecule has 0 radical (unpaired) electrons. The van der Waals surface area contributed by atoms with Crippen molar-refractivity contribution in [2.24, 2.45) is 16.8 Å². The number of benzene rings is 1. The number of hydrogen-bond acceptors (Lipinski definition) is 7. The number of nitrogens with zero attached hydrogens (tertiary/aromatic N) is 6. The summed E-state index contributed by atoms with van der Waals surface area (Å²) in [6.07, 6.45) is 3.97. The van der Waals surface area contributed by atoms with E-state index in [4.69, 9.17) is 16.6 Å². The van der Waals surface area contributed by atoms with Crippen LogP contribution in [0, 0.1) is 23.5 Å². The molecule has 1 unspecified atom stereocenters. The molecule has 3 aromatic rings. The molecule has 0 spiro atoms. The van der Waals surface area contributed by atoms with Crippen molar-refractivity contribution in [1.29, 1.82) is 0 Å². The highest BCUT2D eigenvalue weighted by Crippen LogP contribution is 2.38. The van der Waals surface area contributed by atoms with Gasteiger partial charge in [0.2, 0.25) is 5.91 Å². The van der Waals surface area contributed by atoms with Crippen LogP contribution in [0.2, 0.25) is 5.02 Å². The number of amides is 1. The predicted molar refractivity (Wildman–Crippen MR) is 163 cm³/mol. The van der Waals surface area contributed by atoms with Crippen LogP contribution in [0.25, 0.3) is 28.0 Å². The normalized spacial score (nSPS) is 19.0. The molecule has 9 nitrogen and oxygen atoms in total. The molecule has 0 saturated carbocycles. The van der Waals surface area contributed by atoms with Crippen LogP contribution >= 0.6 is 11.6 Å². The Kier molecular flexibility index (Phi) is 8.29. The lowest BCUT2D eigenvalue weighted by atomic mass is 9.95. The average molecular weight is 609 g/mol. The minimum absolute atomic E-state index is 0.0183. The molecule has 1 amide bonds. The van der Waals surface area contributed by atoms with Gasteiger partial charge in [-0.3, -0.25) is 14.6 Å². The zero-order valence-corrected chi connectivity index (χ0v) is 25.0. The third-order valence-corrected chi connectivity index (χ3v) is 8.13. The number of carbonyl (C=O) groups is 2. The van der Waals surface area contributed by atoms with Gasteiger partial charge in [-0.2, -0.15) is 4.98 Å². The van der Waals surface area contributed by atoms with Crippen molar-refractivity contribution in [3.05, 3.63) is 69.3 Å².